The molecule has 0 aliphatic carbocycles. The lowest BCUT2D eigenvalue weighted by molar-refractivity contribution is -0.408. The number of nitrogens with zero attached hydrogens (tertiary/aromatic N) is 3. The third kappa shape index (κ3) is 3.82. The van der Waals surface area contributed by atoms with Crippen LogP contribution in [0.5, 0.6) is 0 Å². The van der Waals surface area contributed by atoms with Crippen molar-refractivity contribution in [2.24, 2.45) is 10.9 Å². The molecular formula is C19H18F3N4O4+. The van der Waals surface area contributed by atoms with Gasteiger partial charge in [0.05, 0.1) is 19.7 Å². The number of carbonyl (C=O) groups is 3. The van der Waals surface area contributed by atoms with Gasteiger partial charge in [0, 0.05) is 11.3 Å². The highest BCUT2D eigenvalue weighted by atomic mass is 19.4. The monoisotopic (exact) mass is 423 g/mol. The van der Waals surface area contributed by atoms with Gasteiger partial charge >= 0.3 is 18.1 Å². The lowest BCUT2D eigenvalue weighted by Gasteiger charge is -2.28. The number of carbonyl (C=O) groups excluding carboxylic acids is 3. The third-order valence-corrected chi connectivity index (χ3v) is 4.69. The van der Waals surface area contributed by atoms with Crippen LogP contribution in [0.25, 0.3) is 0 Å². The van der Waals surface area contributed by atoms with Crippen LogP contribution < -0.4 is 5.32 Å². The van der Waals surface area contributed by atoms with Crippen LogP contribution in [0.1, 0.15) is 12.5 Å². The number of aliphatic imine (C=N–C) groups is 1. The van der Waals surface area contributed by atoms with Crippen LogP contribution >= 0.6 is 0 Å². The van der Waals surface area contributed by atoms with E-state index >= 15 is 0 Å². The highest BCUT2D eigenvalue weighted by molar-refractivity contribution is 6.17. The zero-order chi connectivity index (χ0) is 22.2. The van der Waals surface area contributed by atoms with Crippen molar-refractivity contribution in [3.8, 4) is 0 Å². The van der Waals surface area contributed by atoms with E-state index in [4.69, 9.17) is 4.74 Å². The Balaban J connectivity index is 1.79. The SMILES string of the molecule is COC1=C(C)C=NC2=[N+](C)C(=O)N(CC(=O)Nc3ccc(C(F)(F)F)cc3)C(=O)C12. The van der Waals surface area contributed by atoms with Crippen LogP contribution in [-0.4, -0.2) is 60.1 Å². The van der Waals surface area contributed by atoms with Crippen LogP contribution in [0.15, 0.2) is 40.6 Å². The van der Waals surface area contributed by atoms with E-state index in [0.29, 0.717) is 11.3 Å². The second-order valence-electron chi connectivity index (χ2n) is 6.69. The van der Waals surface area contributed by atoms with E-state index in [9.17, 15) is 27.6 Å². The summed E-state index contributed by atoms with van der Waals surface area (Å²) in [7, 11) is 2.81. The number of amidine groups is 1. The van der Waals surface area contributed by atoms with Gasteiger partial charge in [-0.3, -0.25) is 9.59 Å². The number of allylic oxidation sites excluding steroid dienone is 1. The van der Waals surface area contributed by atoms with Crippen LogP contribution in [0.3, 0.4) is 0 Å². The number of nitrogens with one attached hydrogen (secondary N) is 1. The predicted octanol–water partition coefficient (Wildman–Crippen LogP) is 2.27. The van der Waals surface area contributed by atoms with E-state index in [1.54, 1.807) is 6.92 Å². The second-order valence-corrected chi connectivity index (χ2v) is 6.69. The fourth-order valence-corrected chi connectivity index (χ4v) is 3.19. The molecule has 8 nitrogen and oxygen atoms in total. The van der Waals surface area contributed by atoms with Gasteiger partial charge in [-0.1, -0.05) is 0 Å². The summed E-state index contributed by atoms with van der Waals surface area (Å²) >= 11 is 0. The summed E-state index contributed by atoms with van der Waals surface area (Å²) in [4.78, 5) is 42.8. The molecule has 0 saturated heterocycles. The molecule has 1 aromatic rings. The summed E-state index contributed by atoms with van der Waals surface area (Å²) in [6.07, 6.45) is -3.02. The minimum Gasteiger partial charge on any atom is -0.499 e. The van der Waals surface area contributed by atoms with Gasteiger partial charge in [0.1, 0.15) is 12.0 Å². The van der Waals surface area contributed by atoms with Gasteiger partial charge in [0.15, 0.2) is 12.5 Å². The number of methoxy groups -OCH3 is 1. The lowest BCUT2D eigenvalue weighted by atomic mass is 9.96. The van der Waals surface area contributed by atoms with Gasteiger partial charge in [-0.2, -0.15) is 22.6 Å². The fourth-order valence-electron chi connectivity index (χ4n) is 3.19. The third-order valence-electron chi connectivity index (χ3n) is 4.69. The maximum Gasteiger partial charge on any atom is 0.446 e. The standard InChI is InChI=1S/C19H17F3N4O4/c1-10-8-23-16-14(15(10)30-3)17(28)26(18(29)25(16)2)9-13(27)24-12-6-4-11(5-7-12)19(20,21)22/h4-8,14H,9H2,1-3H3/p+1. The summed E-state index contributed by atoms with van der Waals surface area (Å²) in [6, 6.07) is 3.06. The Hall–Kier alpha value is -3.50. The minimum atomic E-state index is -4.50. The fraction of sp³-hybridized carbons (Fsp3) is 0.316. The topological polar surface area (TPSA) is 91.1 Å². The smallest absolute Gasteiger partial charge is 0.446 e. The molecule has 3 rings (SSSR count). The molecule has 30 heavy (non-hydrogen) atoms. The Kier molecular flexibility index (Phi) is 5.47. The first-order valence-electron chi connectivity index (χ1n) is 8.76. The molecule has 158 valence electrons. The Morgan fingerprint density at radius 2 is 1.90 bits per heavy atom. The molecule has 2 heterocycles. The first kappa shape index (κ1) is 21.2. The summed E-state index contributed by atoms with van der Waals surface area (Å²) in [5.74, 6) is -1.89. The zero-order valence-electron chi connectivity index (χ0n) is 16.3. The van der Waals surface area contributed by atoms with Crippen LogP contribution in [0.4, 0.5) is 23.7 Å². The highest BCUT2D eigenvalue weighted by Gasteiger charge is 2.50. The normalized spacial score (nSPS) is 19.3. The van der Waals surface area contributed by atoms with Crippen LogP contribution in [-0.2, 0) is 20.5 Å². The first-order valence-corrected chi connectivity index (χ1v) is 8.76. The van der Waals surface area contributed by atoms with Crippen molar-refractivity contribution in [3.05, 3.63) is 41.2 Å². The van der Waals surface area contributed by atoms with Crippen molar-refractivity contribution >= 4 is 35.6 Å². The molecular weight excluding hydrogens is 405 g/mol. The summed E-state index contributed by atoms with van der Waals surface area (Å²) in [5.41, 5.74) is -0.156. The largest absolute Gasteiger partial charge is 0.499 e. The molecule has 2 aliphatic rings. The molecule has 1 aromatic carbocycles. The van der Waals surface area contributed by atoms with Crippen molar-refractivity contribution in [1.29, 1.82) is 0 Å². The number of dihydropyridines is 1. The molecule has 0 aromatic heterocycles. The molecule has 0 bridgehead atoms. The van der Waals surface area contributed by atoms with E-state index in [1.807, 2.05) is 0 Å². The molecule has 0 spiro atoms. The second kappa shape index (κ2) is 7.73. The minimum absolute atomic E-state index is 0.0982. The Morgan fingerprint density at radius 3 is 2.47 bits per heavy atom. The number of benzene rings is 1. The van der Waals surface area contributed by atoms with Crippen molar-refractivity contribution < 1.29 is 36.9 Å². The van der Waals surface area contributed by atoms with Crippen molar-refractivity contribution in [3.63, 3.8) is 0 Å². The Morgan fingerprint density at radius 1 is 1.27 bits per heavy atom. The summed E-state index contributed by atoms with van der Waals surface area (Å²) in [6.45, 7) is 1.08. The van der Waals surface area contributed by atoms with E-state index < -0.39 is 42.0 Å². The number of fused-ring (bicyclic) bond motifs is 1. The summed E-state index contributed by atoms with van der Waals surface area (Å²) in [5, 5.41) is 2.38. The van der Waals surface area contributed by atoms with Gasteiger partial charge in [0.2, 0.25) is 0 Å². The zero-order valence-corrected chi connectivity index (χ0v) is 16.3. The average Bonchev–Trinajstić information content (AvgIpc) is 2.69. The molecule has 1 atom stereocenters. The number of ether oxygens (including phenoxy) is 1. The van der Waals surface area contributed by atoms with E-state index in [1.165, 1.54) is 20.4 Å². The number of halogens is 3. The average molecular weight is 423 g/mol. The number of imide groups is 1. The van der Waals surface area contributed by atoms with Crippen molar-refractivity contribution in [2.45, 2.75) is 13.1 Å². The molecule has 11 heteroatoms. The molecule has 1 N–H and O–H groups in total. The number of hydrogen-bond donors (Lipinski definition) is 1. The molecule has 4 amide bonds. The van der Waals surface area contributed by atoms with Crippen molar-refractivity contribution in [2.75, 3.05) is 26.0 Å². The maximum absolute atomic E-state index is 12.9. The van der Waals surface area contributed by atoms with Crippen LogP contribution in [0.2, 0.25) is 0 Å². The Labute approximate surface area is 169 Å². The van der Waals surface area contributed by atoms with Crippen LogP contribution in [0, 0.1) is 5.92 Å². The number of hydrogen-bond acceptors (Lipinski definition) is 5. The number of rotatable bonds is 4. The number of urea groups is 1. The number of anilines is 1. The summed E-state index contributed by atoms with van der Waals surface area (Å²) < 4.78 is 44.4. The quantitative estimate of drug-likeness (QED) is 0.753. The van der Waals surface area contributed by atoms with E-state index in [2.05, 4.69) is 10.3 Å². The van der Waals surface area contributed by atoms with E-state index in [0.717, 1.165) is 33.7 Å². The van der Waals surface area contributed by atoms with Gasteiger partial charge < -0.3 is 10.1 Å². The number of amides is 4. The molecule has 2 aliphatic heterocycles. The van der Waals surface area contributed by atoms with Crippen molar-refractivity contribution in [1.82, 2.24) is 4.90 Å². The van der Waals surface area contributed by atoms with Gasteiger partial charge in [0.25, 0.3) is 11.7 Å². The first-order chi connectivity index (χ1) is 14.0. The molecule has 1 unspecified atom stereocenters. The number of alkyl halides is 3. The van der Waals surface area contributed by atoms with E-state index in [-0.39, 0.29) is 11.5 Å². The predicted molar refractivity (Wildman–Crippen MR) is 100 cm³/mol. The maximum atomic E-state index is 12.9. The Bertz CT molecular complexity index is 1010. The molecule has 0 fully saturated rings. The molecule has 0 radical (unpaired) electrons. The van der Waals surface area contributed by atoms with Gasteiger partial charge in [-0.15, -0.1) is 4.99 Å². The lowest BCUT2D eigenvalue weighted by Crippen LogP contribution is -2.56. The highest BCUT2D eigenvalue weighted by Crippen LogP contribution is 2.30. The molecule has 0 saturated carbocycles. The van der Waals surface area contributed by atoms with Gasteiger partial charge in [-0.05, 0) is 31.2 Å². The van der Waals surface area contributed by atoms with Gasteiger partial charge in [-0.25, -0.2) is 4.79 Å².